The highest BCUT2D eigenvalue weighted by atomic mass is 16.6. The zero-order valence-corrected chi connectivity index (χ0v) is 13.6. The van der Waals surface area contributed by atoms with E-state index >= 15 is 0 Å². The molecule has 0 radical (unpaired) electrons. The number of hydrogen-bond donors (Lipinski definition) is 0. The van der Waals surface area contributed by atoms with Crippen molar-refractivity contribution in [1.82, 2.24) is 0 Å². The lowest BCUT2D eigenvalue weighted by Crippen LogP contribution is -2.20. The number of ether oxygens (including phenoxy) is 3. The highest BCUT2D eigenvalue weighted by molar-refractivity contribution is 5.32. The van der Waals surface area contributed by atoms with Crippen LogP contribution in [-0.4, -0.2) is 25.4 Å². The fraction of sp³-hybridized carbons (Fsp3) is 0.400. The lowest BCUT2D eigenvalue weighted by atomic mass is 9.98. The van der Waals surface area contributed by atoms with Crippen LogP contribution < -0.4 is 0 Å². The van der Waals surface area contributed by atoms with E-state index in [1.165, 1.54) is 22.3 Å². The molecule has 0 aliphatic carbocycles. The van der Waals surface area contributed by atoms with E-state index in [9.17, 15) is 0 Å². The Bertz CT molecular complexity index is 629. The van der Waals surface area contributed by atoms with Gasteiger partial charge in [0.15, 0.2) is 0 Å². The van der Waals surface area contributed by atoms with Gasteiger partial charge in [-0.05, 0) is 36.1 Å². The van der Waals surface area contributed by atoms with Gasteiger partial charge in [0.05, 0.1) is 13.2 Å². The van der Waals surface area contributed by atoms with Gasteiger partial charge < -0.3 is 14.2 Å². The second kappa shape index (κ2) is 6.08. The lowest BCUT2D eigenvalue weighted by Gasteiger charge is -2.25. The van der Waals surface area contributed by atoms with E-state index in [1.54, 1.807) is 0 Å². The van der Waals surface area contributed by atoms with Crippen LogP contribution in [0.15, 0.2) is 48.5 Å². The summed E-state index contributed by atoms with van der Waals surface area (Å²) >= 11 is 0. The van der Waals surface area contributed by atoms with Crippen molar-refractivity contribution in [3.63, 3.8) is 0 Å². The highest BCUT2D eigenvalue weighted by Gasteiger charge is 2.42. The van der Waals surface area contributed by atoms with Crippen LogP contribution in [-0.2, 0) is 14.2 Å². The first-order chi connectivity index (χ1) is 11.2. The largest absolute Gasteiger partial charge is 0.370 e. The number of rotatable bonds is 6. The molecule has 4 rings (SSSR count). The van der Waals surface area contributed by atoms with E-state index in [-0.39, 0.29) is 24.4 Å². The quantitative estimate of drug-likeness (QED) is 0.759. The van der Waals surface area contributed by atoms with E-state index in [0.29, 0.717) is 0 Å². The average molecular weight is 310 g/mol. The van der Waals surface area contributed by atoms with Crippen LogP contribution in [0.4, 0.5) is 0 Å². The summed E-state index contributed by atoms with van der Waals surface area (Å²) in [6.45, 7) is 5.80. The maximum atomic E-state index is 6.58. The molecule has 4 atom stereocenters. The standard InChI is InChI=1S/C20H22O3/c1-13-7-3-5-9-15(13)19(17-11-21-17)23-20(18-12-22-18)16-10-6-4-8-14(16)2/h3-10,17-20H,11-12H2,1-2H3/t17?,18?,19-,20-/m1/s1. The Balaban J connectivity index is 1.65. The van der Waals surface area contributed by atoms with Crippen molar-refractivity contribution in [1.29, 1.82) is 0 Å². The summed E-state index contributed by atoms with van der Waals surface area (Å²) in [6.07, 6.45) is 0.234. The normalized spacial score (nSPS) is 25.0. The molecular weight excluding hydrogens is 288 g/mol. The minimum Gasteiger partial charge on any atom is -0.370 e. The summed E-state index contributed by atoms with van der Waals surface area (Å²) in [5.74, 6) is 0. The van der Waals surface area contributed by atoms with Crippen molar-refractivity contribution in [3.05, 3.63) is 70.8 Å². The van der Waals surface area contributed by atoms with Crippen molar-refractivity contribution >= 4 is 0 Å². The molecule has 0 aromatic heterocycles. The Hall–Kier alpha value is -1.68. The van der Waals surface area contributed by atoms with Crippen LogP contribution in [0.5, 0.6) is 0 Å². The third kappa shape index (κ3) is 3.18. The van der Waals surface area contributed by atoms with Crippen molar-refractivity contribution < 1.29 is 14.2 Å². The van der Waals surface area contributed by atoms with Gasteiger partial charge in [0.25, 0.3) is 0 Å². The van der Waals surface area contributed by atoms with Gasteiger partial charge in [-0.1, -0.05) is 48.5 Å². The third-order valence-corrected chi connectivity index (χ3v) is 4.68. The molecule has 2 aromatic rings. The van der Waals surface area contributed by atoms with Crippen molar-refractivity contribution in [2.45, 2.75) is 38.3 Å². The van der Waals surface area contributed by atoms with E-state index in [4.69, 9.17) is 14.2 Å². The number of benzene rings is 2. The predicted octanol–water partition coefficient (Wildman–Crippen LogP) is 3.90. The zero-order chi connectivity index (χ0) is 15.8. The first-order valence-electron chi connectivity index (χ1n) is 8.24. The SMILES string of the molecule is Cc1ccccc1[C@@H](O[C@H](c1ccccc1C)C1CO1)C1CO1. The monoisotopic (exact) mass is 310 g/mol. The topological polar surface area (TPSA) is 34.3 Å². The molecule has 0 N–H and O–H groups in total. The van der Waals surface area contributed by atoms with Crippen LogP contribution >= 0.6 is 0 Å². The molecule has 0 bridgehead atoms. The molecule has 120 valence electrons. The maximum absolute atomic E-state index is 6.58. The van der Waals surface area contributed by atoms with Crippen molar-refractivity contribution in [3.8, 4) is 0 Å². The Morgan fingerprint density at radius 1 is 0.783 bits per heavy atom. The molecule has 0 saturated carbocycles. The molecule has 0 amide bonds. The van der Waals surface area contributed by atoms with E-state index in [1.807, 2.05) is 0 Å². The van der Waals surface area contributed by atoms with E-state index in [0.717, 1.165) is 13.2 Å². The summed E-state index contributed by atoms with van der Waals surface area (Å²) in [5, 5.41) is 0. The first-order valence-corrected chi connectivity index (χ1v) is 8.24. The molecule has 3 nitrogen and oxygen atoms in total. The minimum atomic E-state index is -0.0370. The molecular formula is C20H22O3. The van der Waals surface area contributed by atoms with Crippen LogP contribution in [0.25, 0.3) is 0 Å². The van der Waals surface area contributed by atoms with Crippen LogP contribution in [0.3, 0.4) is 0 Å². The fourth-order valence-corrected chi connectivity index (χ4v) is 3.15. The molecule has 2 aromatic carbocycles. The lowest BCUT2D eigenvalue weighted by molar-refractivity contribution is -0.0424. The Morgan fingerprint density at radius 2 is 1.17 bits per heavy atom. The van der Waals surface area contributed by atoms with Gasteiger partial charge in [-0.3, -0.25) is 0 Å². The van der Waals surface area contributed by atoms with Crippen molar-refractivity contribution in [2.24, 2.45) is 0 Å². The van der Waals surface area contributed by atoms with Crippen LogP contribution in [0.1, 0.15) is 34.5 Å². The Labute approximate surface area is 137 Å². The van der Waals surface area contributed by atoms with Gasteiger partial charge in [0.2, 0.25) is 0 Å². The van der Waals surface area contributed by atoms with Gasteiger partial charge in [-0.2, -0.15) is 0 Å². The smallest absolute Gasteiger partial charge is 0.112 e. The summed E-state index contributed by atoms with van der Waals surface area (Å²) in [7, 11) is 0. The summed E-state index contributed by atoms with van der Waals surface area (Å²) in [5.41, 5.74) is 4.92. The number of hydrogen-bond acceptors (Lipinski definition) is 3. The highest BCUT2D eigenvalue weighted by Crippen LogP contribution is 2.41. The third-order valence-electron chi connectivity index (χ3n) is 4.68. The summed E-state index contributed by atoms with van der Waals surface area (Å²) < 4.78 is 17.7. The molecule has 2 unspecified atom stereocenters. The Kier molecular flexibility index (Phi) is 3.93. The molecule has 2 aliphatic rings. The molecule has 2 aliphatic heterocycles. The zero-order valence-electron chi connectivity index (χ0n) is 13.6. The summed E-state index contributed by atoms with van der Waals surface area (Å²) in [4.78, 5) is 0. The molecule has 2 fully saturated rings. The van der Waals surface area contributed by atoms with Gasteiger partial charge in [-0.25, -0.2) is 0 Å². The fourth-order valence-electron chi connectivity index (χ4n) is 3.15. The molecule has 0 spiro atoms. The van der Waals surface area contributed by atoms with Gasteiger partial charge in [-0.15, -0.1) is 0 Å². The molecule has 3 heteroatoms. The number of epoxide rings is 2. The summed E-state index contributed by atoms with van der Waals surface area (Å²) in [6, 6.07) is 16.8. The molecule has 2 heterocycles. The Morgan fingerprint density at radius 3 is 1.52 bits per heavy atom. The van der Waals surface area contributed by atoms with Gasteiger partial charge in [0, 0.05) is 0 Å². The molecule has 23 heavy (non-hydrogen) atoms. The van der Waals surface area contributed by atoms with Gasteiger partial charge >= 0.3 is 0 Å². The van der Waals surface area contributed by atoms with Crippen molar-refractivity contribution in [2.75, 3.05) is 13.2 Å². The predicted molar refractivity (Wildman–Crippen MR) is 88.4 cm³/mol. The van der Waals surface area contributed by atoms with Crippen LogP contribution in [0, 0.1) is 13.8 Å². The van der Waals surface area contributed by atoms with E-state index < -0.39 is 0 Å². The molecule has 2 saturated heterocycles. The second-order valence-electron chi connectivity index (χ2n) is 6.43. The van der Waals surface area contributed by atoms with Gasteiger partial charge in [0.1, 0.15) is 24.4 Å². The first kappa shape index (κ1) is 14.9. The minimum absolute atomic E-state index is 0.0370. The van der Waals surface area contributed by atoms with Crippen LogP contribution in [0.2, 0.25) is 0 Å². The second-order valence-corrected chi connectivity index (χ2v) is 6.43. The number of aryl methyl sites for hydroxylation is 2. The maximum Gasteiger partial charge on any atom is 0.112 e. The van der Waals surface area contributed by atoms with E-state index in [2.05, 4.69) is 62.4 Å². The average Bonchev–Trinajstić information content (AvgIpc) is 3.44.